The van der Waals surface area contributed by atoms with Gasteiger partial charge in [-0.25, -0.2) is 0 Å². The number of benzene rings is 2. The maximum Gasteiger partial charge on any atom is 0.242 e. The summed E-state index contributed by atoms with van der Waals surface area (Å²) in [5.74, 6) is 1.38. The van der Waals surface area contributed by atoms with E-state index in [1.807, 2.05) is 48.5 Å². The highest BCUT2D eigenvalue weighted by atomic mass is 32.2. The molecule has 6 nitrogen and oxygen atoms in total. The van der Waals surface area contributed by atoms with E-state index >= 15 is 0 Å². The predicted molar refractivity (Wildman–Crippen MR) is 118 cm³/mol. The molecule has 1 amide bonds. The highest BCUT2D eigenvalue weighted by Gasteiger charge is 2.37. The van der Waals surface area contributed by atoms with Crippen molar-refractivity contribution in [2.24, 2.45) is 10.2 Å². The summed E-state index contributed by atoms with van der Waals surface area (Å²) >= 11 is 1.49. The van der Waals surface area contributed by atoms with Crippen LogP contribution in [0.3, 0.4) is 0 Å². The van der Waals surface area contributed by atoms with Gasteiger partial charge in [-0.3, -0.25) is 9.69 Å². The molecule has 0 bridgehead atoms. The third-order valence-corrected chi connectivity index (χ3v) is 5.75. The van der Waals surface area contributed by atoms with Crippen LogP contribution in [0.5, 0.6) is 11.5 Å². The van der Waals surface area contributed by atoms with Crippen LogP contribution >= 0.6 is 11.8 Å². The van der Waals surface area contributed by atoms with E-state index in [2.05, 4.69) is 17.1 Å². The van der Waals surface area contributed by atoms with Gasteiger partial charge in [-0.2, -0.15) is 5.10 Å². The van der Waals surface area contributed by atoms with E-state index in [0.29, 0.717) is 23.2 Å². The fraction of sp³-hybridized carbons (Fsp3) is 0.318. The van der Waals surface area contributed by atoms with Gasteiger partial charge < -0.3 is 9.47 Å². The zero-order chi connectivity index (χ0) is 20.6. The average Bonchev–Trinajstić information content (AvgIpc) is 3.03. The lowest BCUT2D eigenvalue weighted by Gasteiger charge is -2.15. The van der Waals surface area contributed by atoms with Crippen molar-refractivity contribution in [3.8, 4) is 11.5 Å². The van der Waals surface area contributed by atoms with Gasteiger partial charge in [-0.05, 0) is 35.7 Å². The summed E-state index contributed by atoms with van der Waals surface area (Å²) in [6.07, 6.45) is 3.42. The highest BCUT2D eigenvalue weighted by molar-refractivity contribution is 8.15. The molecule has 1 unspecified atom stereocenters. The first-order valence-corrected chi connectivity index (χ1v) is 10.4. The number of carbonyl (C=O) groups is 1. The topological polar surface area (TPSA) is 63.5 Å². The van der Waals surface area contributed by atoms with E-state index < -0.39 is 0 Å². The zero-order valence-corrected chi connectivity index (χ0v) is 17.7. The number of hydrogen-bond donors (Lipinski definition) is 0. The van der Waals surface area contributed by atoms with E-state index in [0.717, 1.165) is 24.0 Å². The molecule has 0 radical (unpaired) electrons. The number of ether oxygens (including phenoxy) is 2. The molecule has 0 spiro atoms. The number of rotatable bonds is 8. The predicted octanol–water partition coefficient (Wildman–Crippen LogP) is 4.34. The van der Waals surface area contributed by atoms with Gasteiger partial charge in [-0.15, -0.1) is 5.10 Å². The van der Waals surface area contributed by atoms with Gasteiger partial charge in [0.1, 0.15) is 0 Å². The molecule has 1 fully saturated rings. The largest absolute Gasteiger partial charge is 0.493 e. The maximum atomic E-state index is 12.8. The number of thioether (sulfide) groups is 1. The van der Waals surface area contributed by atoms with Crippen molar-refractivity contribution in [2.75, 3.05) is 14.2 Å². The van der Waals surface area contributed by atoms with Crippen LogP contribution in [0.2, 0.25) is 0 Å². The summed E-state index contributed by atoms with van der Waals surface area (Å²) in [7, 11) is 3.19. The van der Waals surface area contributed by atoms with Gasteiger partial charge in [-0.1, -0.05) is 55.4 Å². The number of methoxy groups -OCH3 is 2. The first kappa shape index (κ1) is 20.9. The van der Waals surface area contributed by atoms with Crippen LogP contribution in [0.15, 0.2) is 58.7 Å². The van der Waals surface area contributed by atoms with E-state index in [-0.39, 0.29) is 11.2 Å². The van der Waals surface area contributed by atoms with Crippen molar-refractivity contribution in [2.45, 2.75) is 31.6 Å². The molecular weight excluding hydrogens is 386 g/mol. The fourth-order valence-electron chi connectivity index (χ4n) is 3.02. The van der Waals surface area contributed by atoms with Crippen molar-refractivity contribution < 1.29 is 14.3 Å². The number of nitrogens with zero attached hydrogens (tertiary/aromatic N) is 3. The molecule has 1 aliphatic rings. The van der Waals surface area contributed by atoms with Crippen molar-refractivity contribution in [1.29, 1.82) is 0 Å². The van der Waals surface area contributed by atoms with Gasteiger partial charge >= 0.3 is 0 Å². The molecule has 0 N–H and O–H groups in total. The smallest absolute Gasteiger partial charge is 0.242 e. The summed E-state index contributed by atoms with van der Waals surface area (Å²) in [6.45, 7) is 2.58. The molecule has 0 aliphatic carbocycles. The normalized spacial score (nSPS) is 18.0. The van der Waals surface area contributed by atoms with Crippen molar-refractivity contribution in [3.63, 3.8) is 0 Å². The summed E-state index contributed by atoms with van der Waals surface area (Å²) in [6, 6.07) is 15.5. The number of hydrogen-bond acceptors (Lipinski definition) is 6. The van der Waals surface area contributed by atoms with Crippen molar-refractivity contribution in [1.82, 2.24) is 4.90 Å². The second-order valence-corrected chi connectivity index (χ2v) is 7.72. The minimum Gasteiger partial charge on any atom is -0.493 e. The minimum absolute atomic E-state index is 0.0979. The average molecular weight is 412 g/mol. The first-order valence-electron chi connectivity index (χ1n) is 9.51. The monoisotopic (exact) mass is 411 g/mol. The molecule has 152 valence electrons. The van der Waals surface area contributed by atoms with Crippen molar-refractivity contribution in [3.05, 3.63) is 59.7 Å². The Morgan fingerprint density at radius 1 is 1.10 bits per heavy atom. The maximum absolute atomic E-state index is 12.8. The van der Waals surface area contributed by atoms with Gasteiger partial charge in [0, 0.05) is 0 Å². The van der Waals surface area contributed by atoms with Gasteiger partial charge in [0.25, 0.3) is 0 Å². The minimum atomic E-state index is -0.0984. The molecule has 1 saturated heterocycles. The molecule has 0 saturated carbocycles. The second-order valence-electron chi connectivity index (χ2n) is 6.55. The van der Waals surface area contributed by atoms with Crippen molar-refractivity contribution >= 4 is 29.1 Å². The van der Waals surface area contributed by atoms with Crippen LogP contribution in [0.4, 0.5) is 0 Å². The Morgan fingerprint density at radius 3 is 2.55 bits per heavy atom. The third-order valence-electron chi connectivity index (χ3n) is 4.51. The van der Waals surface area contributed by atoms with E-state index in [1.54, 1.807) is 25.3 Å². The zero-order valence-electron chi connectivity index (χ0n) is 16.9. The van der Waals surface area contributed by atoms with Crippen LogP contribution in [-0.2, 0) is 11.3 Å². The SMILES string of the molecule is CCCC1S/C(=N\N=C\c2ccc(OC)c(OC)c2)N(Cc2ccccc2)C1=O. The quantitative estimate of drug-likeness (QED) is 0.479. The number of carbonyl (C=O) groups excluding carboxylic acids is 1. The van der Waals surface area contributed by atoms with Gasteiger partial charge in [0.05, 0.1) is 32.2 Å². The fourth-order valence-corrected chi connectivity index (χ4v) is 4.23. The van der Waals surface area contributed by atoms with Crippen LogP contribution in [0.1, 0.15) is 30.9 Å². The summed E-state index contributed by atoms with van der Waals surface area (Å²) < 4.78 is 10.6. The first-order chi connectivity index (χ1) is 14.2. The second kappa shape index (κ2) is 10.1. The Balaban J connectivity index is 1.80. The molecule has 1 heterocycles. The van der Waals surface area contributed by atoms with Crippen LogP contribution in [-0.4, -0.2) is 41.7 Å². The van der Waals surface area contributed by atoms with Gasteiger partial charge in [0.2, 0.25) is 5.91 Å². The standard InChI is InChI=1S/C22H25N3O3S/c1-4-8-20-21(26)25(15-16-9-6-5-7-10-16)22(29-20)24-23-14-17-11-12-18(27-2)19(13-17)28-3/h5-7,9-14,20H,4,8,15H2,1-3H3/b23-14+,24-22-. The number of amidine groups is 1. The summed E-state index contributed by atoms with van der Waals surface area (Å²) in [5, 5.41) is 9.12. The molecular formula is C22H25N3O3S. The lowest BCUT2D eigenvalue weighted by Crippen LogP contribution is -2.31. The number of amides is 1. The van der Waals surface area contributed by atoms with Crippen LogP contribution < -0.4 is 9.47 Å². The Hall–Kier alpha value is -2.80. The molecule has 0 aromatic heterocycles. The van der Waals surface area contributed by atoms with Crippen LogP contribution in [0.25, 0.3) is 0 Å². The molecule has 3 rings (SSSR count). The summed E-state index contributed by atoms with van der Waals surface area (Å²) in [5.41, 5.74) is 1.90. The lowest BCUT2D eigenvalue weighted by atomic mass is 10.2. The Morgan fingerprint density at radius 2 is 1.86 bits per heavy atom. The molecule has 7 heteroatoms. The molecule has 1 atom stereocenters. The van der Waals surface area contributed by atoms with E-state index in [1.165, 1.54) is 11.8 Å². The Labute approximate surface area is 175 Å². The molecule has 29 heavy (non-hydrogen) atoms. The summed E-state index contributed by atoms with van der Waals surface area (Å²) in [4.78, 5) is 14.6. The third kappa shape index (κ3) is 5.17. The Bertz CT molecular complexity index is 899. The van der Waals surface area contributed by atoms with E-state index in [9.17, 15) is 4.79 Å². The molecule has 2 aromatic carbocycles. The molecule has 2 aromatic rings. The van der Waals surface area contributed by atoms with E-state index in [4.69, 9.17) is 9.47 Å². The van der Waals surface area contributed by atoms with Gasteiger partial charge in [0.15, 0.2) is 16.7 Å². The Kier molecular flexibility index (Phi) is 7.30. The lowest BCUT2D eigenvalue weighted by molar-refractivity contribution is -0.126. The molecule has 1 aliphatic heterocycles. The van der Waals surface area contributed by atoms with Crippen LogP contribution in [0, 0.1) is 0 Å². The highest BCUT2D eigenvalue weighted by Crippen LogP contribution is 2.32.